The molecule has 0 aromatic carbocycles. The fourth-order valence-corrected chi connectivity index (χ4v) is 7.61. The molecule has 0 bridgehead atoms. The van der Waals surface area contributed by atoms with Crippen molar-refractivity contribution in [2.24, 2.45) is 23.2 Å². The number of morpholine rings is 1. The molecule has 3 aliphatic carbocycles. The molecule has 3 saturated carbocycles. The standard InChI is InChI=1S/C28H45NO3/c1-18(15-29-16-19(2)32-20(3)17-29)24-10-11-25-23(7-6-12-28(24,25)5)9-8-22-13-26(30)21(4)27(31)14-22/h8-9,18-20,24-27,30-31H,4,6-7,10-17H2,1-3,5H3/b23-9+/t18?,19-,20+,24-,25+,26-,27-,28-/m1/s1. The monoisotopic (exact) mass is 443 g/mol. The van der Waals surface area contributed by atoms with E-state index in [0.717, 1.165) is 24.6 Å². The summed E-state index contributed by atoms with van der Waals surface area (Å²) in [6, 6.07) is 0. The summed E-state index contributed by atoms with van der Waals surface area (Å²) in [7, 11) is 0. The number of hydrogen-bond donors (Lipinski definition) is 2. The Morgan fingerprint density at radius 2 is 1.78 bits per heavy atom. The van der Waals surface area contributed by atoms with Crippen molar-refractivity contribution in [1.82, 2.24) is 4.90 Å². The van der Waals surface area contributed by atoms with E-state index in [4.69, 9.17) is 4.74 Å². The van der Waals surface area contributed by atoms with Crippen LogP contribution in [0.25, 0.3) is 0 Å². The number of aliphatic hydroxyl groups is 2. The number of nitrogens with zero attached hydrogens (tertiary/aromatic N) is 1. The Kier molecular flexibility index (Phi) is 7.36. The van der Waals surface area contributed by atoms with Crippen LogP contribution in [0.3, 0.4) is 0 Å². The molecular weight excluding hydrogens is 398 g/mol. The van der Waals surface area contributed by atoms with Gasteiger partial charge in [0.1, 0.15) is 0 Å². The summed E-state index contributed by atoms with van der Waals surface area (Å²) in [6.45, 7) is 16.6. The van der Waals surface area contributed by atoms with Crippen LogP contribution in [-0.4, -0.2) is 59.2 Å². The third-order valence-electron chi connectivity index (χ3n) is 9.07. The number of hydrogen-bond acceptors (Lipinski definition) is 4. The zero-order valence-electron chi connectivity index (χ0n) is 20.7. The van der Waals surface area contributed by atoms with Gasteiger partial charge in [0.15, 0.2) is 0 Å². The maximum Gasteiger partial charge on any atom is 0.0809 e. The van der Waals surface area contributed by atoms with Crippen molar-refractivity contribution in [2.45, 2.75) is 97.1 Å². The van der Waals surface area contributed by atoms with Gasteiger partial charge in [-0.25, -0.2) is 0 Å². The Balaban J connectivity index is 1.44. The van der Waals surface area contributed by atoms with Gasteiger partial charge in [0.05, 0.1) is 24.4 Å². The normalized spacial score (nSPS) is 43.4. The highest BCUT2D eigenvalue weighted by molar-refractivity contribution is 5.29. The second-order valence-electron chi connectivity index (χ2n) is 11.6. The lowest BCUT2D eigenvalue weighted by atomic mass is 9.61. The molecule has 4 rings (SSSR count). The average Bonchev–Trinajstić information content (AvgIpc) is 3.07. The highest BCUT2D eigenvalue weighted by Crippen LogP contribution is 2.59. The van der Waals surface area contributed by atoms with Crippen LogP contribution < -0.4 is 0 Å². The van der Waals surface area contributed by atoms with E-state index in [0.29, 0.717) is 47.9 Å². The largest absolute Gasteiger partial charge is 0.388 e. The summed E-state index contributed by atoms with van der Waals surface area (Å²) in [5.41, 5.74) is 3.71. The number of ether oxygens (including phenoxy) is 1. The van der Waals surface area contributed by atoms with Crippen molar-refractivity contribution in [3.8, 4) is 0 Å². The second-order valence-corrected chi connectivity index (χ2v) is 11.6. The van der Waals surface area contributed by atoms with Crippen LogP contribution in [0.5, 0.6) is 0 Å². The van der Waals surface area contributed by atoms with Crippen LogP contribution in [0.2, 0.25) is 0 Å². The molecule has 4 fully saturated rings. The maximum atomic E-state index is 10.2. The third kappa shape index (κ3) is 4.94. The lowest BCUT2D eigenvalue weighted by Crippen LogP contribution is -2.48. The first-order valence-electron chi connectivity index (χ1n) is 13.0. The van der Waals surface area contributed by atoms with Crippen molar-refractivity contribution in [2.75, 3.05) is 19.6 Å². The van der Waals surface area contributed by atoms with Crippen molar-refractivity contribution in [3.63, 3.8) is 0 Å². The minimum Gasteiger partial charge on any atom is -0.388 e. The minimum absolute atomic E-state index is 0.337. The summed E-state index contributed by atoms with van der Waals surface area (Å²) < 4.78 is 5.95. The maximum absolute atomic E-state index is 10.2. The van der Waals surface area contributed by atoms with E-state index in [1.165, 1.54) is 38.6 Å². The molecule has 1 heterocycles. The molecule has 4 aliphatic rings. The van der Waals surface area contributed by atoms with Crippen molar-refractivity contribution in [3.05, 3.63) is 35.5 Å². The first kappa shape index (κ1) is 24.2. The first-order chi connectivity index (χ1) is 15.2. The molecule has 1 unspecified atom stereocenters. The molecule has 1 saturated heterocycles. The number of fused-ring (bicyclic) bond motifs is 1. The molecule has 180 valence electrons. The average molecular weight is 444 g/mol. The molecule has 0 radical (unpaired) electrons. The summed E-state index contributed by atoms with van der Waals surface area (Å²) in [6.07, 6.45) is 11.7. The quantitative estimate of drug-likeness (QED) is 0.609. The van der Waals surface area contributed by atoms with Crippen LogP contribution in [0.4, 0.5) is 0 Å². The molecule has 4 nitrogen and oxygen atoms in total. The molecule has 2 N–H and O–H groups in total. The fourth-order valence-electron chi connectivity index (χ4n) is 7.61. The molecule has 4 heteroatoms. The van der Waals surface area contributed by atoms with Gasteiger partial charge < -0.3 is 14.9 Å². The molecule has 8 atom stereocenters. The summed E-state index contributed by atoms with van der Waals surface area (Å²) >= 11 is 0. The number of aliphatic hydroxyl groups excluding tert-OH is 2. The van der Waals surface area contributed by atoms with E-state index in [1.807, 2.05) is 0 Å². The predicted molar refractivity (Wildman–Crippen MR) is 130 cm³/mol. The lowest BCUT2D eigenvalue weighted by Gasteiger charge is -2.46. The van der Waals surface area contributed by atoms with Crippen molar-refractivity contribution >= 4 is 0 Å². The highest BCUT2D eigenvalue weighted by Gasteiger charge is 2.50. The highest BCUT2D eigenvalue weighted by atomic mass is 16.5. The van der Waals surface area contributed by atoms with Gasteiger partial charge in [-0.05, 0) is 87.5 Å². The molecule has 0 aromatic heterocycles. The van der Waals surface area contributed by atoms with Gasteiger partial charge in [-0.2, -0.15) is 0 Å². The van der Waals surface area contributed by atoms with E-state index in [-0.39, 0.29) is 0 Å². The topological polar surface area (TPSA) is 52.9 Å². The van der Waals surface area contributed by atoms with Crippen LogP contribution in [0.15, 0.2) is 35.5 Å². The zero-order chi connectivity index (χ0) is 23.0. The zero-order valence-corrected chi connectivity index (χ0v) is 20.7. The Hall–Kier alpha value is -0.940. The lowest BCUT2D eigenvalue weighted by molar-refractivity contribution is -0.0750. The van der Waals surface area contributed by atoms with Gasteiger partial charge in [-0.1, -0.05) is 43.7 Å². The van der Waals surface area contributed by atoms with E-state index in [2.05, 4.69) is 51.3 Å². The summed E-state index contributed by atoms with van der Waals surface area (Å²) in [5, 5.41) is 20.4. The predicted octanol–water partition coefficient (Wildman–Crippen LogP) is 4.87. The molecule has 0 spiro atoms. The molecule has 0 aromatic rings. The Morgan fingerprint density at radius 1 is 1.12 bits per heavy atom. The van der Waals surface area contributed by atoms with E-state index in [1.54, 1.807) is 5.57 Å². The molecule has 0 amide bonds. The molecule has 1 aliphatic heterocycles. The van der Waals surface area contributed by atoms with Gasteiger partial charge in [0.2, 0.25) is 0 Å². The van der Waals surface area contributed by atoms with Crippen LogP contribution in [0, 0.1) is 23.2 Å². The van der Waals surface area contributed by atoms with Gasteiger partial charge >= 0.3 is 0 Å². The first-order valence-corrected chi connectivity index (χ1v) is 13.0. The molecular formula is C28H45NO3. The number of rotatable bonds is 4. The van der Waals surface area contributed by atoms with Crippen LogP contribution in [-0.2, 0) is 4.74 Å². The number of allylic oxidation sites excluding steroid dienone is 3. The van der Waals surface area contributed by atoms with Crippen LogP contribution in [0.1, 0.15) is 72.6 Å². The third-order valence-corrected chi connectivity index (χ3v) is 9.07. The second kappa shape index (κ2) is 9.74. The van der Waals surface area contributed by atoms with E-state index < -0.39 is 12.2 Å². The van der Waals surface area contributed by atoms with E-state index in [9.17, 15) is 10.2 Å². The van der Waals surface area contributed by atoms with Crippen LogP contribution >= 0.6 is 0 Å². The SMILES string of the molecule is C=C1[C@H](O)CC(=C/C=C2\CCC[C@]3(C)[C@@H](C(C)CN4C[C@@H](C)O[C@@H](C)C4)CC[C@@H]23)C[C@H]1O. The van der Waals surface area contributed by atoms with E-state index >= 15 is 0 Å². The Morgan fingerprint density at radius 3 is 2.44 bits per heavy atom. The van der Waals surface area contributed by atoms with Gasteiger partial charge in [0.25, 0.3) is 0 Å². The van der Waals surface area contributed by atoms with Gasteiger partial charge in [-0.3, -0.25) is 4.90 Å². The minimum atomic E-state index is -0.609. The Bertz CT molecular complexity index is 732. The smallest absolute Gasteiger partial charge is 0.0809 e. The van der Waals surface area contributed by atoms with Crippen molar-refractivity contribution < 1.29 is 14.9 Å². The van der Waals surface area contributed by atoms with Gasteiger partial charge in [-0.15, -0.1) is 0 Å². The van der Waals surface area contributed by atoms with Gasteiger partial charge in [0, 0.05) is 19.6 Å². The Labute approximate surface area is 195 Å². The molecule has 32 heavy (non-hydrogen) atoms. The fraction of sp³-hybridized carbons (Fsp3) is 0.786. The summed E-state index contributed by atoms with van der Waals surface area (Å²) in [4.78, 5) is 2.64. The van der Waals surface area contributed by atoms with Crippen molar-refractivity contribution in [1.29, 1.82) is 0 Å². The summed E-state index contributed by atoms with van der Waals surface area (Å²) in [5.74, 6) is 2.16.